The minimum atomic E-state index is -0.131. The van der Waals surface area contributed by atoms with E-state index < -0.39 is 0 Å². The van der Waals surface area contributed by atoms with E-state index >= 15 is 0 Å². The van der Waals surface area contributed by atoms with Crippen molar-refractivity contribution < 1.29 is 5.11 Å². The summed E-state index contributed by atoms with van der Waals surface area (Å²) >= 11 is 0. The van der Waals surface area contributed by atoms with Crippen molar-refractivity contribution in [1.82, 2.24) is 0 Å². The zero-order valence-electron chi connectivity index (χ0n) is 11.5. The summed E-state index contributed by atoms with van der Waals surface area (Å²) in [6, 6.07) is 0. The van der Waals surface area contributed by atoms with Gasteiger partial charge in [0, 0.05) is 0 Å². The maximum atomic E-state index is 10.1. The van der Waals surface area contributed by atoms with Gasteiger partial charge in [0.2, 0.25) is 0 Å². The topological polar surface area (TPSA) is 20.2 Å². The third-order valence-corrected chi connectivity index (χ3v) is 3.97. The molecule has 0 saturated carbocycles. The number of hydrogen-bond acceptors (Lipinski definition) is 1. The Morgan fingerprint density at radius 2 is 1.67 bits per heavy atom. The van der Waals surface area contributed by atoms with Gasteiger partial charge in [-0.1, -0.05) is 54.4 Å². The molecule has 0 radical (unpaired) electrons. The number of unbranched alkanes of at least 4 members (excludes halogenated alkanes) is 1. The predicted octanol–water partition coefficient (Wildman–Crippen LogP) is 4.25. The summed E-state index contributed by atoms with van der Waals surface area (Å²) in [6.45, 7) is 13.4. The zero-order chi connectivity index (χ0) is 12.1. The SMILES string of the molecule is CCCCC(C)C(O)CC(C)(C)C(C)C. The molecular formula is C14H30O. The van der Waals surface area contributed by atoms with Crippen LogP contribution in [0.25, 0.3) is 0 Å². The van der Waals surface area contributed by atoms with E-state index in [1.54, 1.807) is 0 Å². The predicted molar refractivity (Wildman–Crippen MR) is 67.9 cm³/mol. The fourth-order valence-corrected chi connectivity index (χ4v) is 1.69. The Bertz CT molecular complexity index is 161. The maximum Gasteiger partial charge on any atom is 0.0570 e. The lowest BCUT2D eigenvalue weighted by Crippen LogP contribution is -2.29. The lowest BCUT2D eigenvalue weighted by molar-refractivity contribution is 0.0468. The number of aliphatic hydroxyl groups is 1. The molecule has 0 aromatic rings. The van der Waals surface area contributed by atoms with Crippen LogP contribution in [0.2, 0.25) is 0 Å². The van der Waals surface area contributed by atoms with E-state index in [4.69, 9.17) is 0 Å². The summed E-state index contributed by atoms with van der Waals surface area (Å²) in [5, 5.41) is 10.1. The second-order valence-corrected chi connectivity index (χ2v) is 6.03. The van der Waals surface area contributed by atoms with Crippen molar-refractivity contribution in [2.75, 3.05) is 0 Å². The Morgan fingerprint density at radius 1 is 1.13 bits per heavy atom. The highest BCUT2D eigenvalue weighted by Gasteiger charge is 2.27. The van der Waals surface area contributed by atoms with Gasteiger partial charge in [0.1, 0.15) is 0 Å². The minimum absolute atomic E-state index is 0.131. The first-order chi connectivity index (χ1) is 6.81. The first-order valence-electron chi connectivity index (χ1n) is 6.49. The Labute approximate surface area is 96.3 Å². The van der Waals surface area contributed by atoms with E-state index in [1.807, 2.05) is 0 Å². The Hall–Kier alpha value is -0.0400. The molecule has 0 aliphatic heterocycles. The Balaban J connectivity index is 4.05. The molecule has 1 heteroatoms. The smallest absolute Gasteiger partial charge is 0.0570 e. The summed E-state index contributed by atoms with van der Waals surface area (Å²) in [5.74, 6) is 1.08. The zero-order valence-corrected chi connectivity index (χ0v) is 11.5. The summed E-state index contributed by atoms with van der Waals surface area (Å²) < 4.78 is 0. The van der Waals surface area contributed by atoms with Crippen molar-refractivity contribution in [3.63, 3.8) is 0 Å². The fourth-order valence-electron chi connectivity index (χ4n) is 1.69. The van der Waals surface area contributed by atoms with E-state index in [1.165, 1.54) is 12.8 Å². The first-order valence-corrected chi connectivity index (χ1v) is 6.49. The maximum absolute atomic E-state index is 10.1. The van der Waals surface area contributed by atoms with Crippen LogP contribution in [0, 0.1) is 17.3 Å². The molecule has 0 heterocycles. The minimum Gasteiger partial charge on any atom is -0.393 e. The molecule has 0 aliphatic carbocycles. The highest BCUT2D eigenvalue weighted by molar-refractivity contribution is 4.78. The van der Waals surface area contributed by atoms with Crippen LogP contribution in [0.4, 0.5) is 0 Å². The van der Waals surface area contributed by atoms with E-state index in [9.17, 15) is 5.11 Å². The molecule has 2 atom stereocenters. The van der Waals surface area contributed by atoms with Gasteiger partial charge in [-0.15, -0.1) is 0 Å². The van der Waals surface area contributed by atoms with Crippen molar-refractivity contribution in [1.29, 1.82) is 0 Å². The molecule has 0 aromatic heterocycles. The molecule has 0 spiro atoms. The van der Waals surface area contributed by atoms with Gasteiger partial charge >= 0.3 is 0 Å². The van der Waals surface area contributed by atoms with E-state index in [0.29, 0.717) is 11.8 Å². The fraction of sp³-hybridized carbons (Fsp3) is 1.00. The molecule has 1 N–H and O–H groups in total. The summed E-state index contributed by atoms with van der Waals surface area (Å²) in [5.41, 5.74) is 0.250. The van der Waals surface area contributed by atoms with Gasteiger partial charge in [-0.3, -0.25) is 0 Å². The number of hydrogen-bond donors (Lipinski definition) is 1. The molecule has 0 fully saturated rings. The second-order valence-electron chi connectivity index (χ2n) is 6.03. The quantitative estimate of drug-likeness (QED) is 0.672. The van der Waals surface area contributed by atoms with E-state index in [2.05, 4.69) is 41.5 Å². The lowest BCUT2D eigenvalue weighted by Gasteiger charge is -2.33. The van der Waals surface area contributed by atoms with Gasteiger partial charge in [0.15, 0.2) is 0 Å². The van der Waals surface area contributed by atoms with Crippen LogP contribution in [-0.4, -0.2) is 11.2 Å². The molecule has 0 aromatic carbocycles. The first kappa shape index (κ1) is 15.0. The molecule has 0 bridgehead atoms. The molecular weight excluding hydrogens is 184 g/mol. The Kier molecular flexibility index (Phi) is 6.51. The van der Waals surface area contributed by atoms with Crippen molar-refractivity contribution in [3.05, 3.63) is 0 Å². The van der Waals surface area contributed by atoms with Crippen molar-refractivity contribution in [2.24, 2.45) is 17.3 Å². The summed E-state index contributed by atoms with van der Waals surface area (Å²) in [4.78, 5) is 0. The van der Waals surface area contributed by atoms with Crippen molar-refractivity contribution >= 4 is 0 Å². The highest BCUT2D eigenvalue weighted by Crippen LogP contribution is 2.33. The largest absolute Gasteiger partial charge is 0.393 e. The van der Waals surface area contributed by atoms with Crippen LogP contribution < -0.4 is 0 Å². The van der Waals surface area contributed by atoms with Gasteiger partial charge in [0.05, 0.1) is 6.10 Å². The van der Waals surface area contributed by atoms with Crippen LogP contribution in [0.15, 0.2) is 0 Å². The summed E-state index contributed by atoms with van der Waals surface area (Å²) in [7, 11) is 0. The second kappa shape index (κ2) is 6.52. The van der Waals surface area contributed by atoms with Gasteiger partial charge in [-0.25, -0.2) is 0 Å². The Morgan fingerprint density at radius 3 is 2.07 bits per heavy atom. The van der Waals surface area contributed by atoms with Gasteiger partial charge in [0.25, 0.3) is 0 Å². The number of rotatable bonds is 7. The van der Waals surface area contributed by atoms with E-state index in [0.717, 1.165) is 12.8 Å². The van der Waals surface area contributed by atoms with Crippen LogP contribution in [0.3, 0.4) is 0 Å². The van der Waals surface area contributed by atoms with Crippen molar-refractivity contribution in [3.8, 4) is 0 Å². The molecule has 0 rings (SSSR count). The van der Waals surface area contributed by atoms with Gasteiger partial charge in [-0.2, -0.15) is 0 Å². The lowest BCUT2D eigenvalue weighted by atomic mass is 9.74. The molecule has 0 aliphatic rings. The third-order valence-electron chi connectivity index (χ3n) is 3.97. The van der Waals surface area contributed by atoms with Crippen LogP contribution in [0.5, 0.6) is 0 Å². The normalized spacial score (nSPS) is 16.8. The average molecular weight is 214 g/mol. The van der Waals surface area contributed by atoms with Gasteiger partial charge in [-0.05, 0) is 30.1 Å². The molecule has 1 nitrogen and oxygen atoms in total. The van der Waals surface area contributed by atoms with Gasteiger partial charge < -0.3 is 5.11 Å². The molecule has 92 valence electrons. The third kappa shape index (κ3) is 5.55. The van der Waals surface area contributed by atoms with Crippen LogP contribution >= 0.6 is 0 Å². The summed E-state index contributed by atoms with van der Waals surface area (Å²) in [6.07, 6.45) is 4.42. The van der Waals surface area contributed by atoms with Crippen molar-refractivity contribution in [2.45, 2.75) is 73.3 Å². The average Bonchev–Trinajstić information content (AvgIpc) is 2.13. The van der Waals surface area contributed by atoms with Crippen LogP contribution in [0.1, 0.15) is 67.2 Å². The van der Waals surface area contributed by atoms with E-state index in [-0.39, 0.29) is 11.5 Å². The molecule has 0 saturated heterocycles. The monoisotopic (exact) mass is 214 g/mol. The molecule has 15 heavy (non-hydrogen) atoms. The molecule has 0 amide bonds. The molecule has 2 unspecified atom stereocenters. The van der Waals surface area contributed by atoms with Crippen LogP contribution in [-0.2, 0) is 0 Å². The number of aliphatic hydroxyl groups excluding tert-OH is 1. The highest BCUT2D eigenvalue weighted by atomic mass is 16.3. The standard InChI is InChI=1S/C14H30O/c1-7-8-9-12(4)13(15)10-14(5,6)11(2)3/h11-13,15H,7-10H2,1-6H3.